The van der Waals surface area contributed by atoms with Crippen molar-refractivity contribution in [2.45, 2.75) is 31.9 Å². The number of aryl methyl sites for hydroxylation is 2. The van der Waals surface area contributed by atoms with E-state index < -0.39 is 0 Å². The third-order valence-electron chi connectivity index (χ3n) is 5.13. The van der Waals surface area contributed by atoms with Gasteiger partial charge < -0.3 is 14.9 Å². The molecule has 0 bridgehead atoms. The van der Waals surface area contributed by atoms with Crippen LogP contribution in [0, 0.1) is 12.8 Å². The lowest BCUT2D eigenvalue weighted by molar-refractivity contribution is 0.0235. The van der Waals surface area contributed by atoms with Gasteiger partial charge in [0.25, 0.3) is 5.91 Å². The zero-order valence-electron chi connectivity index (χ0n) is 15.3. The van der Waals surface area contributed by atoms with Gasteiger partial charge in [-0.25, -0.2) is 0 Å². The van der Waals surface area contributed by atoms with Crippen LogP contribution in [0.2, 0.25) is 0 Å². The summed E-state index contributed by atoms with van der Waals surface area (Å²) in [6.07, 6.45) is 4.67. The van der Waals surface area contributed by atoms with E-state index in [9.17, 15) is 9.90 Å². The molecule has 1 atom stereocenters. The molecule has 27 heavy (non-hydrogen) atoms. The number of carbonyl (C=O) groups excluding carboxylic acids is 1. The monoisotopic (exact) mass is 366 g/mol. The zero-order valence-corrected chi connectivity index (χ0v) is 15.3. The minimum Gasteiger partial charge on any atom is -0.393 e. The minimum absolute atomic E-state index is 0.175. The minimum atomic E-state index is -0.303. The van der Waals surface area contributed by atoms with Crippen molar-refractivity contribution in [3.63, 3.8) is 0 Å². The average molecular weight is 366 g/mol. The van der Waals surface area contributed by atoms with E-state index in [0.29, 0.717) is 29.9 Å². The van der Waals surface area contributed by atoms with Gasteiger partial charge in [0.05, 0.1) is 18.3 Å². The highest BCUT2D eigenvalue weighted by atomic mass is 16.5. The molecule has 1 fully saturated rings. The van der Waals surface area contributed by atoms with E-state index in [4.69, 9.17) is 4.52 Å². The second-order valence-electron chi connectivity index (χ2n) is 7.11. The van der Waals surface area contributed by atoms with E-state index in [-0.39, 0.29) is 24.0 Å². The van der Waals surface area contributed by atoms with Crippen molar-refractivity contribution in [1.29, 1.82) is 0 Å². The summed E-state index contributed by atoms with van der Waals surface area (Å²) in [5, 5.41) is 21.1. The highest BCUT2D eigenvalue weighted by molar-refractivity contribution is 6.01. The molecule has 1 amide bonds. The van der Waals surface area contributed by atoms with Crippen LogP contribution < -0.4 is 5.32 Å². The lowest BCUT2D eigenvalue weighted by Crippen LogP contribution is -2.41. The van der Waals surface area contributed by atoms with Crippen LogP contribution in [-0.4, -0.2) is 32.1 Å². The van der Waals surface area contributed by atoms with Crippen molar-refractivity contribution < 1.29 is 14.4 Å². The Balaban J connectivity index is 1.63. The summed E-state index contributed by atoms with van der Waals surface area (Å²) in [5.74, 6) is 0.418. The molecular weight excluding hydrogens is 344 g/mol. The number of aliphatic hydroxyl groups excluding tert-OH is 1. The van der Waals surface area contributed by atoms with Crippen molar-refractivity contribution in [2.24, 2.45) is 13.0 Å². The largest absolute Gasteiger partial charge is 0.393 e. The number of nitrogens with one attached hydrogen (secondary N) is 1. The normalized spacial score (nSPS) is 20.1. The van der Waals surface area contributed by atoms with Crippen LogP contribution in [-0.2, 0) is 7.05 Å². The van der Waals surface area contributed by atoms with E-state index in [0.717, 1.165) is 11.1 Å². The fourth-order valence-electron chi connectivity index (χ4n) is 3.62. The Hall–Kier alpha value is -2.93. The molecule has 7 nitrogen and oxygen atoms in total. The SMILES string of the molecule is Cc1onc(-c2ccccc2)c1C(=O)NC(c1cnn(C)c1)C1CC(O)C1. The molecule has 2 aromatic heterocycles. The summed E-state index contributed by atoms with van der Waals surface area (Å²) < 4.78 is 7.03. The quantitative estimate of drug-likeness (QED) is 0.724. The van der Waals surface area contributed by atoms with Gasteiger partial charge in [-0.15, -0.1) is 0 Å². The molecule has 2 N–H and O–H groups in total. The summed E-state index contributed by atoms with van der Waals surface area (Å²) in [6.45, 7) is 1.74. The van der Waals surface area contributed by atoms with E-state index in [1.165, 1.54) is 0 Å². The smallest absolute Gasteiger partial charge is 0.257 e. The Morgan fingerprint density at radius 2 is 2.07 bits per heavy atom. The molecule has 1 aliphatic carbocycles. The zero-order chi connectivity index (χ0) is 19.0. The second kappa shape index (κ2) is 7.00. The van der Waals surface area contributed by atoms with Crippen molar-refractivity contribution in [2.75, 3.05) is 0 Å². The first-order valence-corrected chi connectivity index (χ1v) is 9.02. The van der Waals surface area contributed by atoms with Gasteiger partial charge >= 0.3 is 0 Å². The van der Waals surface area contributed by atoms with E-state index in [1.807, 2.05) is 43.6 Å². The number of hydrogen-bond donors (Lipinski definition) is 2. The summed E-state index contributed by atoms with van der Waals surface area (Å²) >= 11 is 0. The molecule has 0 aliphatic heterocycles. The van der Waals surface area contributed by atoms with E-state index in [1.54, 1.807) is 17.8 Å². The molecule has 0 saturated heterocycles. The number of hydrogen-bond acceptors (Lipinski definition) is 5. The Kier molecular flexibility index (Phi) is 4.53. The molecule has 1 unspecified atom stereocenters. The third-order valence-corrected chi connectivity index (χ3v) is 5.13. The first-order chi connectivity index (χ1) is 13.0. The molecule has 1 aromatic carbocycles. The Morgan fingerprint density at radius 3 is 2.70 bits per heavy atom. The molecule has 140 valence electrons. The van der Waals surface area contributed by atoms with Crippen LogP contribution in [0.1, 0.15) is 40.6 Å². The van der Waals surface area contributed by atoms with Gasteiger partial charge in [-0.05, 0) is 25.7 Å². The number of rotatable bonds is 5. The summed E-state index contributed by atoms with van der Waals surface area (Å²) in [4.78, 5) is 13.1. The number of amides is 1. The standard InChI is InChI=1S/C20H22N4O3/c1-12-17(19(23-27-12)13-6-4-3-5-7-13)20(26)22-18(14-8-16(25)9-14)15-10-21-24(2)11-15/h3-7,10-11,14,16,18,25H,8-9H2,1-2H3,(H,22,26). The van der Waals surface area contributed by atoms with Gasteiger partial charge in [-0.1, -0.05) is 35.5 Å². The van der Waals surface area contributed by atoms with Crippen LogP contribution in [0.25, 0.3) is 11.3 Å². The fourth-order valence-corrected chi connectivity index (χ4v) is 3.62. The van der Waals surface area contributed by atoms with Crippen molar-refractivity contribution in [1.82, 2.24) is 20.3 Å². The van der Waals surface area contributed by atoms with Gasteiger partial charge in [-0.2, -0.15) is 5.10 Å². The molecule has 7 heteroatoms. The maximum atomic E-state index is 13.1. The maximum Gasteiger partial charge on any atom is 0.257 e. The van der Waals surface area contributed by atoms with Crippen LogP contribution in [0.4, 0.5) is 0 Å². The topological polar surface area (TPSA) is 93.2 Å². The molecular formula is C20H22N4O3. The van der Waals surface area contributed by atoms with Gasteiger partial charge in [0, 0.05) is 24.4 Å². The lowest BCUT2D eigenvalue weighted by Gasteiger charge is -2.37. The lowest BCUT2D eigenvalue weighted by atomic mass is 9.75. The molecule has 4 rings (SSSR count). The first kappa shape index (κ1) is 17.5. The van der Waals surface area contributed by atoms with Gasteiger partial charge in [0.1, 0.15) is 17.0 Å². The van der Waals surface area contributed by atoms with Crippen LogP contribution in [0.15, 0.2) is 47.2 Å². The van der Waals surface area contributed by atoms with Gasteiger partial charge in [-0.3, -0.25) is 9.48 Å². The van der Waals surface area contributed by atoms with Crippen LogP contribution >= 0.6 is 0 Å². The third kappa shape index (κ3) is 3.38. The molecule has 1 saturated carbocycles. The summed E-state index contributed by atoms with van der Waals surface area (Å²) in [5.41, 5.74) is 2.73. The first-order valence-electron chi connectivity index (χ1n) is 9.02. The Labute approximate surface area is 157 Å². The highest BCUT2D eigenvalue weighted by Gasteiger charge is 2.37. The molecule has 1 aliphatic rings. The van der Waals surface area contributed by atoms with Crippen molar-refractivity contribution >= 4 is 5.91 Å². The van der Waals surface area contributed by atoms with Crippen molar-refractivity contribution in [3.8, 4) is 11.3 Å². The summed E-state index contributed by atoms with van der Waals surface area (Å²) in [7, 11) is 1.84. The number of benzene rings is 1. The number of carbonyl (C=O) groups is 1. The highest BCUT2D eigenvalue weighted by Crippen LogP contribution is 2.38. The summed E-state index contributed by atoms with van der Waals surface area (Å²) in [6, 6.07) is 9.29. The maximum absolute atomic E-state index is 13.1. The number of aromatic nitrogens is 3. The van der Waals surface area contributed by atoms with Gasteiger partial charge in [0.2, 0.25) is 0 Å². The van der Waals surface area contributed by atoms with E-state index in [2.05, 4.69) is 15.6 Å². The predicted molar refractivity (Wildman–Crippen MR) is 98.8 cm³/mol. The molecule has 3 aromatic rings. The fraction of sp³-hybridized carbons (Fsp3) is 0.350. The second-order valence-corrected chi connectivity index (χ2v) is 7.11. The van der Waals surface area contributed by atoms with Gasteiger partial charge in [0.15, 0.2) is 0 Å². The average Bonchev–Trinajstić information content (AvgIpc) is 3.23. The number of aliphatic hydroxyl groups is 1. The number of nitrogens with zero attached hydrogens (tertiary/aromatic N) is 3. The molecule has 0 radical (unpaired) electrons. The van der Waals surface area contributed by atoms with Crippen LogP contribution in [0.3, 0.4) is 0 Å². The molecule has 2 heterocycles. The molecule has 0 spiro atoms. The van der Waals surface area contributed by atoms with Crippen molar-refractivity contribution in [3.05, 3.63) is 59.6 Å². The van der Waals surface area contributed by atoms with Crippen LogP contribution in [0.5, 0.6) is 0 Å². The Morgan fingerprint density at radius 1 is 1.33 bits per heavy atom. The van der Waals surface area contributed by atoms with E-state index >= 15 is 0 Å². The Bertz CT molecular complexity index is 941. The predicted octanol–water partition coefficient (Wildman–Crippen LogP) is 2.63.